The van der Waals surface area contributed by atoms with Gasteiger partial charge in [-0.25, -0.2) is 0 Å². The van der Waals surface area contributed by atoms with Crippen molar-refractivity contribution >= 4 is 89.1 Å². The van der Waals surface area contributed by atoms with E-state index < -0.39 is 0 Å². The number of rotatable bonds is 6. The summed E-state index contributed by atoms with van der Waals surface area (Å²) < 4.78 is 0. The fourth-order valence-corrected chi connectivity index (χ4v) is 7.20. The Balaban J connectivity index is 1.45. The normalized spacial score (nSPS) is 11.5. The third-order valence-corrected chi connectivity index (χ3v) is 8.96. The summed E-state index contributed by atoms with van der Waals surface area (Å²) in [5.74, 6) is 0. The van der Waals surface area contributed by atoms with Crippen LogP contribution in [0.3, 0.4) is 0 Å². The molecule has 0 spiro atoms. The molecule has 0 aliphatic heterocycles. The van der Waals surface area contributed by atoms with E-state index in [1.54, 1.807) is 22.7 Å². The summed E-state index contributed by atoms with van der Waals surface area (Å²) in [4.78, 5) is 4.78. The van der Waals surface area contributed by atoms with Crippen molar-refractivity contribution in [2.75, 3.05) is 9.80 Å². The van der Waals surface area contributed by atoms with Gasteiger partial charge in [-0.3, -0.25) is 0 Å². The Morgan fingerprint density at radius 3 is 1.25 bits per heavy atom. The monoisotopic (exact) mass is 548 g/mol. The maximum atomic E-state index is 2.39. The molecule has 190 valence electrons. The van der Waals surface area contributed by atoms with E-state index in [-0.39, 0.29) is 0 Å². The Morgan fingerprint density at radius 1 is 0.400 bits per heavy atom. The van der Waals surface area contributed by atoms with Crippen LogP contribution in [0.4, 0.5) is 34.1 Å². The topological polar surface area (TPSA) is 6.48 Å². The SMILES string of the molecule is c1ccc(N(c2ccsc2)c2cc3cccc4c(N(c5ccccc5)c5ccsc5)cc5cccc2c5c34)cc1. The van der Waals surface area contributed by atoms with E-state index in [0.29, 0.717) is 0 Å². The zero-order valence-corrected chi connectivity index (χ0v) is 23.2. The van der Waals surface area contributed by atoms with E-state index in [9.17, 15) is 0 Å². The maximum Gasteiger partial charge on any atom is 0.0568 e. The van der Waals surface area contributed by atoms with Gasteiger partial charge in [0.05, 0.1) is 22.7 Å². The molecule has 2 heterocycles. The Labute approximate surface area is 240 Å². The second-order valence-electron chi connectivity index (χ2n) is 9.90. The highest BCUT2D eigenvalue weighted by Crippen LogP contribution is 2.49. The fourth-order valence-electron chi connectivity index (χ4n) is 5.96. The van der Waals surface area contributed by atoms with Gasteiger partial charge in [0, 0.05) is 32.9 Å². The predicted octanol–water partition coefficient (Wildman–Crippen LogP) is 11.6. The van der Waals surface area contributed by atoms with Gasteiger partial charge in [-0.05, 0) is 80.8 Å². The Hall–Kier alpha value is -4.64. The van der Waals surface area contributed by atoms with Crippen LogP contribution in [0.15, 0.2) is 143 Å². The second-order valence-corrected chi connectivity index (χ2v) is 11.5. The van der Waals surface area contributed by atoms with E-state index in [4.69, 9.17) is 0 Å². The number of benzene rings is 6. The molecular weight excluding hydrogens is 525 g/mol. The molecule has 0 saturated heterocycles. The van der Waals surface area contributed by atoms with E-state index in [0.717, 1.165) is 11.4 Å². The molecule has 0 fully saturated rings. The summed E-state index contributed by atoms with van der Waals surface area (Å²) in [5, 5.41) is 16.4. The molecule has 2 nitrogen and oxygen atoms in total. The highest BCUT2D eigenvalue weighted by Gasteiger charge is 2.23. The molecule has 6 aromatic carbocycles. The lowest BCUT2D eigenvalue weighted by Gasteiger charge is -2.29. The minimum absolute atomic E-state index is 1.16. The molecule has 0 atom stereocenters. The number of hydrogen-bond acceptors (Lipinski definition) is 4. The molecule has 8 aromatic rings. The largest absolute Gasteiger partial charge is 0.309 e. The van der Waals surface area contributed by atoms with Gasteiger partial charge in [-0.15, -0.1) is 0 Å². The molecule has 0 N–H and O–H groups in total. The van der Waals surface area contributed by atoms with Crippen LogP contribution in [-0.2, 0) is 0 Å². The number of nitrogens with zero attached hydrogens (tertiary/aromatic N) is 2. The summed E-state index contributed by atoms with van der Waals surface area (Å²) in [6.07, 6.45) is 0. The van der Waals surface area contributed by atoms with Crippen LogP contribution in [0, 0.1) is 0 Å². The van der Waals surface area contributed by atoms with Crippen molar-refractivity contribution in [3.8, 4) is 0 Å². The van der Waals surface area contributed by atoms with Gasteiger partial charge < -0.3 is 9.80 Å². The van der Waals surface area contributed by atoms with Gasteiger partial charge in [-0.1, -0.05) is 72.8 Å². The first-order valence-corrected chi connectivity index (χ1v) is 15.2. The van der Waals surface area contributed by atoms with Crippen LogP contribution in [0.2, 0.25) is 0 Å². The lowest BCUT2D eigenvalue weighted by Crippen LogP contribution is -2.11. The molecule has 8 rings (SSSR count). The van der Waals surface area contributed by atoms with Crippen LogP contribution in [-0.4, -0.2) is 0 Å². The first-order chi connectivity index (χ1) is 19.9. The van der Waals surface area contributed by atoms with Crippen LogP contribution in [0.1, 0.15) is 0 Å². The molecule has 0 unspecified atom stereocenters. The number of para-hydroxylation sites is 2. The average molecular weight is 549 g/mol. The van der Waals surface area contributed by atoms with E-state index >= 15 is 0 Å². The van der Waals surface area contributed by atoms with E-state index in [2.05, 4.69) is 153 Å². The van der Waals surface area contributed by atoms with Gasteiger partial charge in [0.1, 0.15) is 0 Å². The van der Waals surface area contributed by atoms with Crippen molar-refractivity contribution in [1.82, 2.24) is 0 Å². The number of anilines is 6. The molecule has 2 aromatic heterocycles. The first kappa shape index (κ1) is 23.3. The van der Waals surface area contributed by atoms with Gasteiger partial charge >= 0.3 is 0 Å². The number of hydrogen-bond donors (Lipinski definition) is 0. The van der Waals surface area contributed by atoms with Crippen molar-refractivity contribution in [3.63, 3.8) is 0 Å². The first-order valence-electron chi connectivity index (χ1n) is 13.3. The van der Waals surface area contributed by atoms with Gasteiger partial charge in [0.2, 0.25) is 0 Å². The summed E-state index contributed by atoms with van der Waals surface area (Å²) in [7, 11) is 0. The van der Waals surface area contributed by atoms with Gasteiger partial charge in [-0.2, -0.15) is 22.7 Å². The quantitative estimate of drug-likeness (QED) is 0.191. The average Bonchev–Trinajstić information content (AvgIpc) is 3.74. The fraction of sp³-hybridized carbons (Fsp3) is 0. The second kappa shape index (κ2) is 9.53. The van der Waals surface area contributed by atoms with E-state index in [1.807, 2.05) is 0 Å². The summed E-state index contributed by atoms with van der Waals surface area (Å²) >= 11 is 3.45. The zero-order valence-electron chi connectivity index (χ0n) is 21.6. The smallest absolute Gasteiger partial charge is 0.0568 e. The molecule has 0 amide bonds. The van der Waals surface area contributed by atoms with Gasteiger partial charge in [0.15, 0.2) is 0 Å². The van der Waals surface area contributed by atoms with Crippen LogP contribution in [0.25, 0.3) is 32.3 Å². The molecular formula is C36H24N2S2. The van der Waals surface area contributed by atoms with Gasteiger partial charge in [0.25, 0.3) is 0 Å². The predicted molar refractivity (Wildman–Crippen MR) is 175 cm³/mol. The van der Waals surface area contributed by atoms with Crippen molar-refractivity contribution in [3.05, 3.63) is 143 Å². The van der Waals surface area contributed by atoms with Crippen LogP contribution < -0.4 is 9.80 Å². The molecule has 40 heavy (non-hydrogen) atoms. The molecule has 0 radical (unpaired) electrons. The number of thiophene rings is 2. The van der Waals surface area contributed by atoms with E-state index in [1.165, 1.54) is 55.1 Å². The standard InChI is InChI=1S/C36H24N2S2/c1-3-11-27(12-4-1)37(29-17-19-39-23-29)33-21-25-9-8-16-32-34(22-26-10-7-15-31(33)35(26)36(25)32)38(30-18-20-40-24-30)28-13-5-2-6-14-28/h1-24H. The summed E-state index contributed by atoms with van der Waals surface area (Å²) in [6, 6.07) is 44.0. The van der Waals surface area contributed by atoms with Crippen molar-refractivity contribution in [1.29, 1.82) is 0 Å². The van der Waals surface area contributed by atoms with Crippen molar-refractivity contribution in [2.45, 2.75) is 0 Å². The minimum atomic E-state index is 1.16. The molecule has 0 aliphatic carbocycles. The minimum Gasteiger partial charge on any atom is -0.309 e. The van der Waals surface area contributed by atoms with Crippen molar-refractivity contribution < 1.29 is 0 Å². The third-order valence-electron chi connectivity index (χ3n) is 7.62. The lowest BCUT2D eigenvalue weighted by molar-refractivity contribution is 1.31. The Kier molecular flexibility index (Phi) is 5.54. The summed E-state index contributed by atoms with van der Waals surface area (Å²) in [6.45, 7) is 0. The van der Waals surface area contributed by atoms with Crippen LogP contribution >= 0.6 is 22.7 Å². The lowest BCUT2D eigenvalue weighted by atomic mass is 9.91. The van der Waals surface area contributed by atoms with Crippen LogP contribution in [0.5, 0.6) is 0 Å². The molecule has 0 aliphatic rings. The zero-order chi connectivity index (χ0) is 26.5. The molecule has 0 saturated carbocycles. The highest BCUT2D eigenvalue weighted by molar-refractivity contribution is 7.08. The summed E-state index contributed by atoms with van der Waals surface area (Å²) in [5.41, 5.74) is 7.06. The Morgan fingerprint density at radius 2 is 0.850 bits per heavy atom. The van der Waals surface area contributed by atoms with Crippen molar-refractivity contribution in [2.24, 2.45) is 0 Å². The highest BCUT2D eigenvalue weighted by atomic mass is 32.1. The third kappa shape index (κ3) is 3.69. The molecule has 4 heteroatoms. The maximum absolute atomic E-state index is 2.39. The molecule has 0 bridgehead atoms. The Bertz CT molecular complexity index is 1900.